The maximum absolute atomic E-state index is 10.2. The predicted octanol–water partition coefficient (Wildman–Crippen LogP) is 2.73. The first-order valence-electron chi connectivity index (χ1n) is 6.34. The molecule has 1 aliphatic rings. The number of aliphatic hydroxyl groups excluding tert-OH is 1. The van der Waals surface area contributed by atoms with E-state index in [2.05, 4.69) is 0 Å². The summed E-state index contributed by atoms with van der Waals surface area (Å²) in [6.45, 7) is 0. The quantitative estimate of drug-likeness (QED) is 0.898. The largest absolute Gasteiger partial charge is 0.497 e. The van der Waals surface area contributed by atoms with Gasteiger partial charge >= 0.3 is 0 Å². The molecule has 2 aromatic carbocycles. The highest BCUT2D eigenvalue weighted by molar-refractivity contribution is 5.43. The summed E-state index contributed by atoms with van der Waals surface area (Å²) >= 11 is 0. The molecule has 1 heterocycles. The Bertz CT molecular complexity index is 565. The zero-order chi connectivity index (χ0) is 13.2. The molecule has 2 atom stereocenters. The number of rotatable bonds is 2. The first-order chi connectivity index (χ1) is 9.28. The van der Waals surface area contributed by atoms with Gasteiger partial charge in [-0.25, -0.2) is 0 Å². The van der Waals surface area contributed by atoms with Crippen LogP contribution in [-0.2, 0) is 6.42 Å². The first-order valence-corrected chi connectivity index (χ1v) is 6.34. The van der Waals surface area contributed by atoms with Gasteiger partial charge in [0.1, 0.15) is 17.6 Å². The molecule has 0 aliphatic carbocycles. The lowest BCUT2D eigenvalue weighted by Crippen LogP contribution is -2.30. The summed E-state index contributed by atoms with van der Waals surface area (Å²) < 4.78 is 11.1. The Morgan fingerprint density at radius 2 is 1.95 bits per heavy atom. The molecule has 2 unspecified atom stereocenters. The van der Waals surface area contributed by atoms with Gasteiger partial charge in [-0.2, -0.15) is 0 Å². The van der Waals surface area contributed by atoms with Crippen LogP contribution in [0, 0.1) is 0 Å². The van der Waals surface area contributed by atoms with Gasteiger partial charge in [-0.05, 0) is 17.2 Å². The third-order valence-corrected chi connectivity index (χ3v) is 3.43. The lowest BCUT2D eigenvalue weighted by Gasteiger charge is -2.31. The Labute approximate surface area is 112 Å². The van der Waals surface area contributed by atoms with Crippen LogP contribution in [0.2, 0.25) is 0 Å². The van der Waals surface area contributed by atoms with Gasteiger partial charge in [0.25, 0.3) is 0 Å². The maximum atomic E-state index is 10.2. The molecule has 0 spiro atoms. The fraction of sp³-hybridized carbons (Fsp3) is 0.250. The second kappa shape index (κ2) is 4.94. The van der Waals surface area contributed by atoms with Crippen molar-refractivity contribution in [3.8, 4) is 11.5 Å². The molecule has 0 aromatic heterocycles. The third-order valence-electron chi connectivity index (χ3n) is 3.43. The monoisotopic (exact) mass is 256 g/mol. The van der Waals surface area contributed by atoms with E-state index in [4.69, 9.17) is 9.47 Å². The van der Waals surface area contributed by atoms with E-state index in [-0.39, 0.29) is 6.10 Å². The highest BCUT2D eigenvalue weighted by Gasteiger charge is 2.29. The molecule has 2 aromatic rings. The van der Waals surface area contributed by atoms with Gasteiger partial charge in [-0.3, -0.25) is 0 Å². The summed E-state index contributed by atoms with van der Waals surface area (Å²) in [5.74, 6) is 1.56. The molecule has 0 fully saturated rings. The minimum absolute atomic E-state index is 0.319. The van der Waals surface area contributed by atoms with Crippen molar-refractivity contribution in [2.24, 2.45) is 0 Å². The van der Waals surface area contributed by atoms with Crippen molar-refractivity contribution in [3.63, 3.8) is 0 Å². The van der Waals surface area contributed by atoms with E-state index in [0.29, 0.717) is 6.42 Å². The molecule has 3 nitrogen and oxygen atoms in total. The molecule has 19 heavy (non-hydrogen) atoms. The molecule has 0 amide bonds. The van der Waals surface area contributed by atoms with Gasteiger partial charge in [0, 0.05) is 12.5 Å². The zero-order valence-electron chi connectivity index (χ0n) is 10.7. The summed E-state index contributed by atoms with van der Waals surface area (Å²) in [7, 11) is 1.63. The molecule has 1 N–H and O–H groups in total. The van der Waals surface area contributed by atoms with E-state index in [1.807, 2.05) is 48.5 Å². The minimum atomic E-state index is -0.525. The number of benzene rings is 2. The normalized spacial score (nSPS) is 21.4. The van der Waals surface area contributed by atoms with Crippen LogP contribution in [0.4, 0.5) is 0 Å². The SMILES string of the molecule is COc1ccc2c(c1)OC(c1ccccc1)C(O)C2. The Kier molecular flexibility index (Phi) is 3.13. The second-order valence-electron chi connectivity index (χ2n) is 4.69. The number of methoxy groups -OCH3 is 1. The Hall–Kier alpha value is -2.00. The molecule has 0 saturated carbocycles. The molecule has 0 radical (unpaired) electrons. The van der Waals surface area contributed by atoms with E-state index in [1.54, 1.807) is 7.11 Å². The van der Waals surface area contributed by atoms with Gasteiger partial charge in [0.05, 0.1) is 13.2 Å². The molecule has 3 heteroatoms. The molecule has 1 aliphatic heterocycles. The first kappa shape index (κ1) is 12.1. The standard InChI is InChI=1S/C16H16O3/c1-18-13-8-7-12-9-14(17)16(19-15(12)10-13)11-5-3-2-4-6-11/h2-8,10,14,16-17H,9H2,1H3. The van der Waals surface area contributed by atoms with Crippen LogP contribution in [-0.4, -0.2) is 18.3 Å². The molecule has 3 rings (SSSR count). The highest BCUT2D eigenvalue weighted by atomic mass is 16.5. The van der Waals surface area contributed by atoms with Crippen LogP contribution in [0.25, 0.3) is 0 Å². The summed E-state index contributed by atoms with van der Waals surface area (Å²) in [6, 6.07) is 15.5. The Morgan fingerprint density at radius 1 is 1.16 bits per heavy atom. The van der Waals surface area contributed by atoms with E-state index in [0.717, 1.165) is 22.6 Å². The minimum Gasteiger partial charge on any atom is -0.497 e. The number of hydrogen-bond acceptors (Lipinski definition) is 3. The second-order valence-corrected chi connectivity index (χ2v) is 4.69. The van der Waals surface area contributed by atoms with Crippen LogP contribution in [0.15, 0.2) is 48.5 Å². The van der Waals surface area contributed by atoms with E-state index in [1.165, 1.54) is 0 Å². The Morgan fingerprint density at radius 3 is 2.68 bits per heavy atom. The smallest absolute Gasteiger partial charge is 0.150 e. The molecule has 98 valence electrons. The summed E-state index contributed by atoms with van der Waals surface area (Å²) in [5, 5.41) is 10.2. The van der Waals surface area contributed by atoms with E-state index in [9.17, 15) is 5.11 Å². The summed E-state index contributed by atoms with van der Waals surface area (Å²) in [5.41, 5.74) is 2.00. The van der Waals surface area contributed by atoms with E-state index >= 15 is 0 Å². The van der Waals surface area contributed by atoms with Crippen LogP contribution in [0.1, 0.15) is 17.2 Å². The number of hydrogen-bond donors (Lipinski definition) is 1. The van der Waals surface area contributed by atoms with Crippen molar-refractivity contribution >= 4 is 0 Å². The molecule has 0 saturated heterocycles. The molecule has 0 bridgehead atoms. The van der Waals surface area contributed by atoms with Gasteiger partial charge in [-0.15, -0.1) is 0 Å². The van der Waals surface area contributed by atoms with Crippen molar-refractivity contribution < 1.29 is 14.6 Å². The van der Waals surface area contributed by atoms with Crippen LogP contribution >= 0.6 is 0 Å². The Balaban J connectivity index is 1.94. The zero-order valence-corrected chi connectivity index (χ0v) is 10.7. The van der Waals surface area contributed by atoms with E-state index < -0.39 is 6.10 Å². The number of aliphatic hydroxyl groups is 1. The van der Waals surface area contributed by atoms with Crippen molar-refractivity contribution in [3.05, 3.63) is 59.7 Å². The average molecular weight is 256 g/mol. The number of fused-ring (bicyclic) bond motifs is 1. The highest BCUT2D eigenvalue weighted by Crippen LogP contribution is 2.37. The van der Waals surface area contributed by atoms with Crippen molar-refractivity contribution in [1.82, 2.24) is 0 Å². The third kappa shape index (κ3) is 2.29. The van der Waals surface area contributed by atoms with Crippen molar-refractivity contribution in [2.45, 2.75) is 18.6 Å². The lowest BCUT2D eigenvalue weighted by molar-refractivity contribution is 0.0206. The van der Waals surface area contributed by atoms with Crippen molar-refractivity contribution in [1.29, 1.82) is 0 Å². The van der Waals surface area contributed by atoms with Crippen LogP contribution in [0.5, 0.6) is 11.5 Å². The fourth-order valence-electron chi connectivity index (χ4n) is 2.42. The predicted molar refractivity (Wildman–Crippen MR) is 72.5 cm³/mol. The summed E-state index contributed by atoms with van der Waals surface area (Å²) in [6.07, 6.45) is -0.247. The van der Waals surface area contributed by atoms with Gasteiger partial charge in [0.15, 0.2) is 0 Å². The number of ether oxygens (including phenoxy) is 2. The van der Waals surface area contributed by atoms with Gasteiger partial charge in [0.2, 0.25) is 0 Å². The van der Waals surface area contributed by atoms with Crippen LogP contribution < -0.4 is 9.47 Å². The topological polar surface area (TPSA) is 38.7 Å². The molecular formula is C16H16O3. The van der Waals surface area contributed by atoms with Gasteiger partial charge in [-0.1, -0.05) is 36.4 Å². The lowest BCUT2D eigenvalue weighted by atomic mass is 9.95. The van der Waals surface area contributed by atoms with Gasteiger partial charge < -0.3 is 14.6 Å². The summed E-state index contributed by atoms with van der Waals surface area (Å²) in [4.78, 5) is 0. The van der Waals surface area contributed by atoms with Crippen molar-refractivity contribution in [2.75, 3.05) is 7.11 Å². The molecular weight excluding hydrogens is 240 g/mol. The average Bonchev–Trinajstić information content (AvgIpc) is 2.47. The van der Waals surface area contributed by atoms with Crippen LogP contribution in [0.3, 0.4) is 0 Å². The fourth-order valence-corrected chi connectivity index (χ4v) is 2.42. The maximum Gasteiger partial charge on any atom is 0.150 e.